The van der Waals surface area contributed by atoms with Gasteiger partial charge in [-0.15, -0.1) is 0 Å². The minimum Gasteiger partial charge on any atom is -0.489 e. The van der Waals surface area contributed by atoms with E-state index in [0.29, 0.717) is 31.1 Å². The number of oxazole rings is 1. The number of alkyl carbamates (subject to hydrolysis) is 1. The summed E-state index contributed by atoms with van der Waals surface area (Å²) in [5.41, 5.74) is -0.586. The van der Waals surface area contributed by atoms with Crippen LogP contribution in [-0.2, 0) is 4.74 Å². The molecule has 1 aromatic carbocycles. The number of alkyl halides is 2. The largest absolute Gasteiger partial charge is 0.489 e. The first-order valence-corrected chi connectivity index (χ1v) is 14.3. The van der Waals surface area contributed by atoms with E-state index in [1.54, 1.807) is 27.7 Å². The average Bonchev–Trinajstić information content (AvgIpc) is 3.64. The molecule has 2 heterocycles. The summed E-state index contributed by atoms with van der Waals surface area (Å²) in [6, 6.07) is 2.91. The van der Waals surface area contributed by atoms with Gasteiger partial charge in [-0.25, -0.2) is 14.6 Å². The molecular formula is C29H38F2N4O8. The molecule has 43 heavy (non-hydrogen) atoms. The Kier molecular flexibility index (Phi) is 9.97. The molecule has 0 bridgehead atoms. The third-order valence-electron chi connectivity index (χ3n) is 6.94. The number of halogens is 2. The summed E-state index contributed by atoms with van der Waals surface area (Å²) in [5.74, 6) is -0.386. The zero-order valence-corrected chi connectivity index (χ0v) is 24.7. The van der Waals surface area contributed by atoms with Crippen LogP contribution < -0.4 is 20.1 Å². The summed E-state index contributed by atoms with van der Waals surface area (Å²) in [6.07, 6.45) is 2.34. The molecule has 2 aromatic rings. The Hall–Kier alpha value is -4.10. The summed E-state index contributed by atoms with van der Waals surface area (Å²) in [4.78, 5) is 43.2. The van der Waals surface area contributed by atoms with Gasteiger partial charge in [0, 0.05) is 18.7 Å². The minimum atomic E-state index is -3.06. The lowest BCUT2D eigenvalue weighted by molar-refractivity contribution is -0.0515. The van der Waals surface area contributed by atoms with E-state index in [0.717, 1.165) is 25.7 Å². The van der Waals surface area contributed by atoms with Crippen molar-refractivity contribution in [2.45, 2.75) is 84.1 Å². The number of hydrogen-bond donors (Lipinski definition) is 3. The fourth-order valence-corrected chi connectivity index (χ4v) is 4.66. The molecule has 0 radical (unpaired) electrons. The summed E-state index contributed by atoms with van der Waals surface area (Å²) < 4.78 is 47.7. The number of carboxylic acid groups (broad SMARTS) is 1. The standard InChI is InChI=1S/C29H38F2N4O8/c1-16(33-27(37)43-29(2,3)4)23-22(24(36)32-14-19-7-5-6-12-35(19)28(38)39)34-25(42-23)18-10-11-20(41-26(30)31)21(13-18)40-15-17-8-9-17/h10-11,13,16-17,19,26H,5-9,12,14-15H2,1-4H3,(H,32,36)(H,33,37)(H,38,39)/t16-,19-/m0/s1. The van der Waals surface area contributed by atoms with E-state index in [1.807, 2.05) is 0 Å². The second-order valence-electron chi connectivity index (χ2n) is 11.7. The van der Waals surface area contributed by atoms with Gasteiger partial charge in [0.1, 0.15) is 5.60 Å². The van der Waals surface area contributed by atoms with Gasteiger partial charge < -0.3 is 39.3 Å². The number of nitrogens with zero attached hydrogens (tertiary/aromatic N) is 2. The summed E-state index contributed by atoms with van der Waals surface area (Å²) >= 11 is 0. The van der Waals surface area contributed by atoms with E-state index in [-0.39, 0.29) is 35.4 Å². The Morgan fingerprint density at radius 1 is 1.16 bits per heavy atom. The van der Waals surface area contributed by atoms with E-state index in [1.165, 1.54) is 23.1 Å². The lowest BCUT2D eigenvalue weighted by Gasteiger charge is -2.33. The van der Waals surface area contributed by atoms with E-state index >= 15 is 0 Å². The van der Waals surface area contributed by atoms with Crippen molar-refractivity contribution in [1.82, 2.24) is 20.5 Å². The zero-order chi connectivity index (χ0) is 31.3. The van der Waals surface area contributed by atoms with E-state index < -0.39 is 42.4 Å². The van der Waals surface area contributed by atoms with Gasteiger partial charge in [-0.2, -0.15) is 8.78 Å². The van der Waals surface area contributed by atoms with Crippen molar-refractivity contribution in [3.8, 4) is 23.0 Å². The number of rotatable bonds is 11. The van der Waals surface area contributed by atoms with Crippen molar-refractivity contribution in [3.63, 3.8) is 0 Å². The summed E-state index contributed by atoms with van der Waals surface area (Å²) in [5, 5.41) is 14.9. The van der Waals surface area contributed by atoms with Gasteiger partial charge in [-0.3, -0.25) is 4.79 Å². The third-order valence-corrected chi connectivity index (χ3v) is 6.94. The van der Waals surface area contributed by atoms with Gasteiger partial charge in [-0.1, -0.05) is 0 Å². The molecule has 0 unspecified atom stereocenters. The molecule has 1 aliphatic heterocycles. The van der Waals surface area contributed by atoms with Crippen LogP contribution in [0, 0.1) is 5.92 Å². The Bertz CT molecular complexity index is 1310. The van der Waals surface area contributed by atoms with Crippen LogP contribution in [0.5, 0.6) is 11.5 Å². The minimum absolute atomic E-state index is 0.0189. The van der Waals surface area contributed by atoms with Gasteiger partial charge in [0.25, 0.3) is 5.91 Å². The van der Waals surface area contributed by atoms with Crippen LogP contribution in [0.3, 0.4) is 0 Å². The van der Waals surface area contributed by atoms with Crippen LogP contribution in [0.25, 0.3) is 11.5 Å². The predicted octanol–water partition coefficient (Wildman–Crippen LogP) is 5.58. The smallest absolute Gasteiger partial charge is 0.408 e. The highest BCUT2D eigenvalue weighted by Gasteiger charge is 2.31. The number of likely N-dealkylation sites (tertiary alicyclic amines) is 1. The zero-order valence-electron chi connectivity index (χ0n) is 24.7. The molecule has 3 N–H and O–H groups in total. The number of ether oxygens (including phenoxy) is 3. The van der Waals surface area contributed by atoms with E-state index in [2.05, 4.69) is 20.4 Å². The number of piperidine rings is 1. The van der Waals surface area contributed by atoms with Crippen LogP contribution in [0.1, 0.15) is 82.1 Å². The molecule has 14 heteroatoms. The molecule has 0 spiro atoms. The van der Waals surface area contributed by atoms with Crippen LogP contribution in [0.4, 0.5) is 18.4 Å². The Labute approximate surface area is 248 Å². The first-order valence-electron chi connectivity index (χ1n) is 14.3. The lowest BCUT2D eigenvalue weighted by Crippen LogP contribution is -2.49. The predicted molar refractivity (Wildman–Crippen MR) is 149 cm³/mol. The van der Waals surface area contributed by atoms with Gasteiger partial charge in [0.05, 0.1) is 18.7 Å². The van der Waals surface area contributed by atoms with Gasteiger partial charge in [0.15, 0.2) is 23.0 Å². The number of benzene rings is 1. The van der Waals surface area contributed by atoms with E-state index in [9.17, 15) is 28.3 Å². The molecule has 236 valence electrons. The number of carbonyl (C=O) groups is 3. The SMILES string of the molecule is C[C@H](NC(=O)OC(C)(C)C)c1oc(-c2ccc(OC(F)F)c(OCC3CC3)c2)nc1C(=O)NC[C@@H]1CCCCN1C(=O)O. The molecule has 1 aliphatic carbocycles. The molecule has 2 fully saturated rings. The Balaban J connectivity index is 1.62. The van der Waals surface area contributed by atoms with Crippen molar-refractivity contribution in [2.75, 3.05) is 19.7 Å². The molecule has 2 atom stereocenters. The molecule has 1 saturated heterocycles. The van der Waals surface area contributed by atoms with Crippen molar-refractivity contribution >= 4 is 18.1 Å². The van der Waals surface area contributed by atoms with Crippen molar-refractivity contribution in [3.05, 3.63) is 29.7 Å². The highest BCUT2D eigenvalue weighted by molar-refractivity contribution is 5.94. The Morgan fingerprint density at radius 2 is 1.91 bits per heavy atom. The lowest BCUT2D eigenvalue weighted by atomic mass is 10.0. The van der Waals surface area contributed by atoms with Crippen LogP contribution in [-0.4, -0.2) is 71.0 Å². The van der Waals surface area contributed by atoms with Crippen molar-refractivity contribution in [1.29, 1.82) is 0 Å². The quantitative estimate of drug-likeness (QED) is 0.297. The molecule has 2 aliphatic rings. The van der Waals surface area contributed by atoms with Gasteiger partial charge >= 0.3 is 18.8 Å². The molecule has 12 nitrogen and oxygen atoms in total. The number of carbonyl (C=O) groups excluding carboxylic acids is 2. The highest BCUT2D eigenvalue weighted by atomic mass is 19.3. The second-order valence-corrected chi connectivity index (χ2v) is 11.7. The van der Waals surface area contributed by atoms with Gasteiger partial charge in [0.2, 0.25) is 5.89 Å². The topological polar surface area (TPSA) is 152 Å². The second kappa shape index (κ2) is 13.5. The summed E-state index contributed by atoms with van der Waals surface area (Å²) in [6.45, 7) is 4.41. The van der Waals surface area contributed by atoms with Crippen LogP contribution in [0.15, 0.2) is 22.6 Å². The fraction of sp³-hybridized carbons (Fsp3) is 0.586. The normalized spacial score (nSPS) is 17.7. The molecule has 4 rings (SSSR count). The fourth-order valence-electron chi connectivity index (χ4n) is 4.66. The monoisotopic (exact) mass is 608 g/mol. The third kappa shape index (κ3) is 8.94. The van der Waals surface area contributed by atoms with E-state index in [4.69, 9.17) is 13.9 Å². The first kappa shape index (κ1) is 31.8. The first-order chi connectivity index (χ1) is 20.3. The van der Waals surface area contributed by atoms with Crippen LogP contribution >= 0.6 is 0 Å². The molecular weight excluding hydrogens is 570 g/mol. The number of aromatic nitrogens is 1. The average molecular weight is 609 g/mol. The van der Waals surface area contributed by atoms with Crippen molar-refractivity contribution in [2.24, 2.45) is 5.92 Å². The Morgan fingerprint density at radius 3 is 2.56 bits per heavy atom. The highest BCUT2D eigenvalue weighted by Crippen LogP contribution is 2.37. The van der Waals surface area contributed by atoms with Gasteiger partial charge in [-0.05, 0) is 83.9 Å². The number of nitrogens with one attached hydrogen (secondary N) is 2. The maximum Gasteiger partial charge on any atom is 0.408 e. The van der Waals surface area contributed by atoms with Crippen molar-refractivity contribution < 1.29 is 46.9 Å². The van der Waals surface area contributed by atoms with Crippen LogP contribution in [0.2, 0.25) is 0 Å². The maximum atomic E-state index is 13.4. The molecule has 3 amide bonds. The number of hydrogen-bond acceptors (Lipinski definition) is 8. The summed E-state index contributed by atoms with van der Waals surface area (Å²) in [7, 11) is 0. The molecule has 1 aromatic heterocycles. The maximum absolute atomic E-state index is 13.4. The molecule has 1 saturated carbocycles. The number of amides is 3.